The van der Waals surface area contributed by atoms with Crippen LogP contribution in [0.25, 0.3) is 0 Å². The molecule has 0 saturated carbocycles. The number of aromatic carboxylic acids is 1. The highest BCUT2D eigenvalue weighted by Gasteiger charge is 2.22. The molecule has 0 radical (unpaired) electrons. The Morgan fingerprint density at radius 3 is 2.59 bits per heavy atom. The number of nitrogens with zero attached hydrogens (tertiary/aromatic N) is 2. The highest BCUT2D eigenvalue weighted by molar-refractivity contribution is 9.10. The molecular formula is C15H14BrFN2O3. The van der Waals surface area contributed by atoms with Crippen molar-refractivity contribution in [1.29, 1.82) is 0 Å². The lowest BCUT2D eigenvalue weighted by molar-refractivity contribution is 0.0696. The van der Waals surface area contributed by atoms with Crippen molar-refractivity contribution in [3.8, 4) is 0 Å². The van der Waals surface area contributed by atoms with E-state index in [0.717, 1.165) is 0 Å². The Balaban J connectivity index is 2.72. The Hall–Kier alpha value is -2.15. The first kappa shape index (κ1) is 16.2. The second-order valence-corrected chi connectivity index (χ2v) is 5.81. The molecule has 0 aliphatic heterocycles. The number of carbonyl (C=O) groups is 1. The van der Waals surface area contributed by atoms with Crippen molar-refractivity contribution in [1.82, 2.24) is 4.57 Å². The van der Waals surface area contributed by atoms with Gasteiger partial charge in [-0.25, -0.2) is 9.18 Å². The van der Waals surface area contributed by atoms with E-state index < -0.39 is 11.8 Å². The topological polar surface area (TPSA) is 62.5 Å². The summed E-state index contributed by atoms with van der Waals surface area (Å²) in [5, 5.41) is 9.37. The summed E-state index contributed by atoms with van der Waals surface area (Å²) in [6.07, 6.45) is 1.24. The number of halogens is 2. The average Bonchev–Trinajstić information content (AvgIpc) is 2.43. The predicted octanol–water partition coefficient (Wildman–Crippen LogP) is 3.06. The first-order chi connectivity index (χ1) is 10.2. The number of rotatable bonds is 3. The van der Waals surface area contributed by atoms with Crippen LogP contribution in [0.4, 0.5) is 15.8 Å². The first-order valence-electron chi connectivity index (χ1n) is 6.36. The second kappa shape index (κ2) is 5.92. The molecule has 1 aromatic heterocycles. The number of pyridine rings is 1. The molecular weight excluding hydrogens is 355 g/mol. The molecule has 0 saturated heterocycles. The van der Waals surface area contributed by atoms with Gasteiger partial charge in [0.25, 0.3) is 5.56 Å². The third kappa shape index (κ3) is 2.76. The van der Waals surface area contributed by atoms with Crippen LogP contribution < -0.4 is 10.5 Å². The van der Waals surface area contributed by atoms with Crippen molar-refractivity contribution in [2.45, 2.75) is 6.92 Å². The van der Waals surface area contributed by atoms with Crippen molar-refractivity contribution in [2.24, 2.45) is 7.05 Å². The van der Waals surface area contributed by atoms with E-state index >= 15 is 0 Å². The lowest BCUT2D eigenvalue weighted by Gasteiger charge is -2.24. The van der Waals surface area contributed by atoms with Crippen LogP contribution in [0.3, 0.4) is 0 Å². The predicted molar refractivity (Wildman–Crippen MR) is 85.5 cm³/mol. The van der Waals surface area contributed by atoms with Crippen molar-refractivity contribution in [3.05, 3.63) is 56.2 Å². The molecule has 116 valence electrons. The van der Waals surface area contributed by atoms with Crippen LogP contribution in [-0.4, -0.2) is 22.7 Å². The molecule has 7 heteroatoms. The quantitative estimate of drug-likeness (QED) is 0.904. The molecule has 0 bridgehead atoms. The fourth-order valence-corrected chi connectivity index (χ4v) is 2.68. The molecule has 0 fully saturated rings. The van der Waals surface area contributed by atoms with E-state index in [9.17, 15) is 19.1 Å². The maximum Gasteiger partial charge on any atom is 0.339 e. The van der Waals surface area contributed by atoms with Crippen LogP contribution in [0.5, 0.6) is 0 Å². The van der Waals surface area contributed by atoms with Gasteiger partial charge in [0.1, 0.15) is 5.82 Å². The van der Waals surface area contributed by atoms with E-state index in [1.165, 1.54) is 48.8 Å². The van der Waals surface area contributed by atoms with Crippen LogP contribution in [0.2, 0.25) is 0 Å². The molecule has 2 rings (SSSR count). The maximum atomic E-state index is 14.1. The lowest BCUT2D eigenvalue weighted by atomic mass is 10.1. The SMILES string of the molecule is Cc1c(N(C)c2ccc(Br)cc2F)c(C(=O)O)cn(C)c1=O. The molecule has 1 aromatic carbocycles. The van der Waals surface area contributed by atoms with Gasteiger partial charge >= 0.3 is 5.97 Å². The van der Waals surface area contributed by atoms with Gasteiger partial charge in [-0.3, -0.25) is 4.79 Å². The van der Waals surface area contributed by atoms with E-state index in [1.807, 2.05) is 0 Å². The zero-order chi connectivity index (χ0) is 16.6. The first-order valence-corrected chi connectivity index (χ1v) is 7.15. The van der Waals surface area contributed by atoms with Crippen LogP contribution in [0.1, 0.15) is 15.9 Å². The number of anilines is 2. The molecule has 0 spiro atoms. The van der Waals surface area contributed by atoms with Gasteiger partial charge in [0.15, 0.2) is 0 Å². The third-order valence-electron chi connectivity index (χ3n) is 3.41. The van der Waals surface area contributed by atoms with Gasteiger partial charge in [0.05, 0.1) is 16.9 Å². The number of hydrogen-bond acceptors (Lipinski definition) is 3. The molecule has 22 heavy (non-hydrogen) atoms. The summed E-state index contributed by atoms with van der Waals surface area (Å²) in [5.41, 5.74) is 0.208. The van der Waals surface area contributed by atoms with Gasteiger partial charge in [-0.2, -0.15) is 0 Å². The number of benzene rings is 1. The summed E-state index contributed by atoms with van der Waals surface area (Å²) in [6, 6.07) is 4.44. The smallest absolute Gasteiger partial charge is 0.339 e. The summed E-state index contributed by atoms with van der Waals surface area (Å²) in [5.74, 6) is -1.70. The zero-order valence-electron chi connectivity index (χ0n) is 12.2. The van der Waals surface area contributed by atoms with E-state index in [4.69, 9.17) is 0 Å². The maximum absolute atomic E-state index is 14.1. The Morgan fingerprint density at radius 1 is 1.41 bits per heavy atom. The number of aromatic nitrogens is 1. The Labute approximate surface area is 134 Å². The molecule has 0 unspecified atom stereocenters. The normalized spacial score (nSPS) is 10.6. The molecule has 5 nitrogen and oxygen atoms in total. The monoisotopic (exact) mass is 368 g/mol. The zero-order valence-corrected chi connectivity index (χ0v) is 13.8. The molecule has 0 atom stereocenters. The lowest BCUT2D eigenvalue weighted by Crippen LogP contribution is -2.26. The molecule has 1 N–H and O–H groups in total. The molecule has 0 amide bonds. The summed E-state index contributed by atoms with van der Waals surface area (Å²) < 4.78 is 15.9. The van der Waals surface area contributed by atoms with Crippen LogP contribution in [-0.2, 0) is 7.05 Å². The molecule has 1 heterocycles. The highest BCUT2D eigenvalue weighted by Crippen LogP contribution is 2.31. The minimum Gasteiger partial charge on any atom is -0.478 e. The van der Waals surface area contributed by atoms with E-state index in [-0.39, 0.29) is 28.1 Å². The standard InChI is InChI=1S/C15H14BrFN2O3/c1-8-13(10(15(21)22)7-18(2)14(8)20)19(3)12-5-4-9(16)6-11(12)17/h4-7H,1-3H3,(H,21,22). The Bertz CT molecular complexity index is 817. The highest BCUT2D eigenvalue weighted by atomic mass is 79.9. The van der Waals surface area contributed by atoms with E-state index in [0.29, 0.717) is 4.47 Å². The van der Waals surface area contributed by atoms with Crippen molar-refractivity contribution >= 4 is 33.3 Å². The van der Waals surface area contributed by atoms with Crippen molar-refractivity contribution in [3.63, 3.8) is 0 Å². The van der Waals surface area contributed by atoms with E-state index in [1.54, 1.807) is 6.07 Å². The second-order valence-electron chi connectivity index (χ2n) is 4.89. The molecule has 0 aliphatic carbocycles. The summed E-state index contributed by atoms with van der Waals surface area (Å²) in [6.45, 7) is 1.53. The molecule has 0 aliphatic rings. The van der Waals surface area contributed by atoms with Crippen LogP contribution in [0, 0.1) is 12.7 Å². The summed E-state index contributed by atoms with van der Waals surface area (Å²) in [4.78, 5) is 24.9. The fourth-order valence-electron chi connectivity index (χ4n) is 2.34. The minimum atomic E-state index is -1.18. The number of carboxylic acid groups (broad SMARTS) is 1. The Kier molecular flexibility index (Phi) is 4.37. The fraction of sp³-hybridized carbons (Fsp3) is 0.200. The third-order valence-corrected chi connectivity index (χ3v) is 3.90. The van der Waals surface area contributed by atoms with Gasteiger partial charge < -0.3 is 14.6 Å². The van der Waals surface area contributed by atoms with Gasteiger partial charge in [-0.1, -0.05) is 15.9 Å². The molecule has 2 aromatic rings. The van der Waals surface area contributed by atoms with Gasteiger partial charge in [0.2, 0.25) is 0 Å². The van der Waals surface area contributed by atoms with Crippen molar-refractivity contribution in [2.75, 3.05) is 11.9 Å². The van der Waals surface area contributed by atoms with Gasteiger partial charge in [0, 0.05) is 30.3 Å². The van der Waals surface area contributed by atoms with Crippen molar-refractivity contribution < 1.29 is 14.3 Å². The number of carboxylic acids is 1. The number of aryl methyl sites for hydroxylation is 1. The summed E-state index contributed by atoms with van der Waals surface area (Å²) >= 11 is 3.17. The van der Waals surface area contributed by atoms with E-state index in [2.05, 4.69) is 15.9 Å². The van der Waals surface area contributed by atoms with Gasteiger partial charge in [-0.05, 0) is 25.1 Å². The number of hydrogen-bond donors (Lipinski definition) is 1. The van der Waals surface area contributed by atoms with Gasteiger partial charge in [-0.15, -0.1) is 0 Å². The summed E-state index contributed by atoms with van der Waals surface area (Å²) in [7, 11) is 3.01. The Morgan fingerprint density at radius 2 is 2.05 bits per heavy atom. The minimum absolute atomic E-state index is 0.0654. The van der Waals surface area contributed by atoms with Crippen LogP contribution in [0.15, 0.2) is 33.7 Å². The average molecular weight is 369 g/mol. The van der Waals surface area contributed by atoms with Crippen LogP contribution >= 0.6 is 15.9 Å². The largest absolute Gasteiger partial charge is 0.478 e.